The highest BCUT2D eigenvalue weighted by Crippen LogP contribution is 2.25. The number of anilines is 2. The zero-order valence-corrected chi connectivity index (χ0v) is 11.6. The van der Waals surface area contributed by atoms with Crippen LogP contribution in [0.5, 0.6) is 0 Å². The fraction of sp³-hybridized carbons (Fsp3) is 0.286. The number of hydrogen-bond acceptors (Lipinski definition) is 3. The third kappa shape index (κ3) is 2.36. The number of para-hydroxylation sites is 1. The molecule has 1 amide bonds. The van der Waals surface area contributed by atoms with E-state index in [1.165, 1.54) is 24.1 Å². The van der Waals surface area contributed by atoms with Gasteiger partial charge < -0.3 is 10.6 Å². The highest BCUT2D eigenvalue weighted by molar-refractivity contribution is 6.07. The molecule has 0 radical (unpaired) electrons. The summed E-state index contributed by atoms with van der Waals surface area (Å²) in [5.74, 6) is -0.792. The summed E-state index contributed by atoms with van der Waals surface area (Å²) >= 11 is 0. The first-order valence-electron chi connectivity index (χ1n) is 6.29. The summed E-state index contributed by atoms with van der Waals surface area (Å²) in [7, 11) is 1.49. The van der Waals surface area contributed by atoms with Crippen molar-refractivity contribution in [1.82, 2.24) is 10.2 Å². The number of aromatic nitrogens is 2. The summed E-state index contributed by atoms with van der Waals surface area (Å²) in [4.78, 5) is 13.6. The molecule has 1 heterocycles. The van der Waals surface area contributed by atoms with Crippen molar-refractivity contribution in [2.45, 2.75) is 19.8 Å². The van der Waals surface area contributed by atoms with E-state index in [0.717, 1.165) is 0 Å². The van der Waals surface area contributed by atoms with E-state index in [9.17, 15) is 9.18 Å². The largest absolute Gasteiger partial charge is 0.395 e. The number of benzene rings is 1. The Kier molecular flexibility index (Phi) is 3.74. The normalized spacial score (nSPS) is 10.8. The number of rotatable bonds is 3. The summed E-state index contributed by atoms with van der Waals surface area (Å²) in [5.41, 5.74) is 7.24. The van der Waals surface area contributed by atoms with Gasteiger partial charge in [0.05, 0.1) is 17.1 Å². The van der Waals surface area contributed by atoms with Gasteiger partial charge in [0.15, 0.2) is 5.69 Å². The van der Waals surface area contributed by atoms with Crippen LogP contribution >= 0.6 is 0 Å². The van der Waals surface area contributed by atoms with E-state index >= 15 is 0 Å². The molecule has 1 aromatic heterocycles. The van der Waals surface area contributed by atoms with Crippen LogP contribution in [0.2, 0.25) is 0 Å². The van der Waals surface area contributed by atoms with Crippen molar-refractivity contribution in [3.8, 4) is 0 Å². The highest BCUT2D eigenvalue weighted by atomic mass is 19.1. The van der Waals surface area contributed by atoms with E-state index in [0.29, 0.717) is 11.4 Å². The molecule has 106 valence electrons. The second kappa shape index (κ2) is 5.32. The first-order chi connectivity index (χ1) is 9.43. The summed E-state index contributed by atoms with van der Waals surface area (Å²) in [6.45, 7) is 3.89. The maximum absolute atomic E-state index is 13.7. The number of H-pyrrole nitrogens is 1. The van der Waals surface area contributed by atoms with Gasteiger partial charge in [-0.15, -0.1) is 0 Å². The Labute approximate surface area is 116 Å². The Morgan fingerprint density at radius 1 is 1.40 bits per heavy atom. The molecular weight excluding hydrogens is 259 g/mol. The number of hydrogen-bond donors (Lipinski definition) is 2. The van der Waals surface area contributed by atoms with E-state index < -0.39 is 11.7 Å². The molecule has 0 aliphatic heterocycles. The third-order valence-corrected chi connectivity index (χ3v) is 3.13. The quantitative estimate of drug-likeness (QED) is 0.904. The van der Waals surface area contributed by atoms with Gasteiger partial charge in [-0.2, -0.15) is 5.10 Å². The summed E-state index contributed by atoms with van der Waals surface area (Å²) in [6.07, 6.45) is 0. The standard InChI is InChI=1S/C14H17FN4O/c1-8(2)12-11(16)13(18-17-12)14(20)19(3)10-7-5-4-6-9(10)15/h4-8H,16H2,1-3H3,(H,17,18). The number of halogens is 1. The second-order valence-electron chi connectivity index (χ2n) is 4.87. The van der Waals surface area contributed by atoms with Crippen LogP contribution in [-0.2, 0) is 0 Å². The monoisotopic (exact) mass is 276 g/mol. The lowest BCUT2D eigenvalue weighted by atomic mass is 10.1. The van der Waals surface area contributed by atoms with Crippen LogP contribution < -0.4 is 10.6 Å². The van der Waals surface area contributed by atoms with E-state index in [2.05, 4.69) is 10.2 Å². The molecule has 5 nitrogen and oxygen atoms in total. The predicted molar refractivity (Wildman–Crippen MR) is 76.2 cm³/mol. The first-order valence-corrected chi connectivity index (χ1v) is 6.29. The van der Waals surface area contributed by atoms with Crippen LogP contribution in [-0.4, -0.2) is 23.2 Å². The summed E-state index contributed by atoms with van der Waals surface area (Å²) in [5, 5.41) is 6.71. The molecule has 3 N–H and O–H groups in total. The molecule has 0 saturated heterocycles. The Morgan fingerprint density at radius 3 is 2.60 bits per heavy atom. The number of nitrogen functional groups attached to an aromatic ring is 1. The lowest BCUT2D eigenvalue weighted by molar-refractivity contribution is 0.0988. The average Bonchev–Trinajstić information content (AvgIpc) is 2.79. The molecule has 0 aliphatic carbocycles. The van der Waals surface area contributed by atoms with Gasteiger partial charge in [-0.05, 0) is 18.1 Å². The zero-order valence-electron chi connectivity index (χ0n) is 11.6. The second-order valence-corrected chi connectivity index (χ2v) is 4.87. The van der Waals surface area contributed by atoms with Crippen molar-refractivity contribution in [2.75, 3.05) is 17.7 Å². The molecule has 0 atom stereocenters. The van der Waals surface area contributed by atoms with Crippen molar-refractivity contribution in [2.24, 2.45) is 0 Å². The number of nitrogens with zero attached hydrogens (tertiary/aromatic N) is 2. The molecule has 6 heteroatoms. The van der Waals surface area contributed by atoms with Gasteiger partial charge in [-0.1, -0.05) is 26.0 Å². The topological polar surface area (TPSA) is 75.0 Å². The van der Waals surface area contributed by atoms with Gasteiger partial charge in [0.2, 0.25) is 0 Å². The van der Waals surface area contributed by atoms with Crippen molar-refractivity contribution in [3.05, 3.63) is 41.5 Å². The predicted octanol–water partition coefficient (Wildman–Crippen LogP) is 2.53. The molecule has 0 aliphatic rings. The summed E-state index contributed by atoms with van der Waals surface area (Å²) < 4.78 is 13.7. The van der Waals surface area contributed by atoms with Crippen LogP contribution in [0.4, 0.5) is 15.8 Å². The van der Waals surface area contributed by atoms with Gasteiger partial charge >= 0.3 is 0 Å². The maximum Gasteiger partial charge on any atom is 0.280 e. The number of amides is 1. The van der Waals surface area contributed by atoms with Crippen LogP contribution in [0, 0.1) is 5.82 Å². The smallest absolute Gasteiger partial charge is 0.280 e. The number of nitrogens with two attached hydrogens (primary N) is 1. The minimum absolute atomic E-state index is 0.111. The van der Waals surface area contributed by atoms with Crippen LogP contribution in [0.3, 0.4) is 0 Å². The number of carbonyl (C=O) groups is 1. The van der Waals surface area contributed by atoms with E-state index in [4.69, 9.17) is 5.73 Å². The Bertz CT molecular complexity index is 636. The van der Waals surface area contributed by atoms with Crippen molar-refractivity contribution in [3.63, 3.8) is 0 Å². The van der Waals surface area contributed by atoms with Crippen LogP contribution in [0.25, 0.3) is 0 Å². The molecular formula is C14H17FN4O. The molecule has 1 aromatic carbocycles. The van der Waals surface area contributed by atoms with Crippen LogP contribution in [0.1, 0.15) is 35.9 Å². The molecule has 0 saturated carbocycles. The number of nitrogens with one attached hydrogen (secondary N) is 1. The first kappa shape index (κ1) is 14.0. The third-order valence-electron chi connectivity index (χ3n) is 3.13. The Hall–Kier alpha value is -2.37. The van der Waals surface area contributed by atoms with E-state index in [1.54, 1.807) is 12.1 Å². The average molecular weight is 276 g/mol. The molecule has 2 rings (SSSR count). The molecule has 0 bridgehead atoms. The van der Waals surface area contributed by atoms with Gasteiger partial charge in [0.1, 0.15) is 5.82 Å². The Balaban J connectivity index is 2.35. The van der Waals surface area contributed by atoms with Gasteiger partial charge in [0.25, 0.3) is 5.91 Å². The molecule has 0 spiro atoms. The van der Waals surface area contributed by atoms with Crippen molar-refractivity contribution >= 4 is 17.3 Å². The zero-order chi connectivity index (χ0) is 14.9. The molecule has 2 aromatic rings. The number of aromatic amines is 1. The molecule has 0 fully saturated rings. The summed E-state index contributed by atoms with van der Waals surface area (Å²) in [6, 6.07) is 6.05. The van der Waals surface area contributed by atoms with Gasteiger partial charge in [-0.3, -0.25) is 9.89 Å². The maximum atomic E-state index is 13.7. The fourth-order valence-electron chi connectivity index (χ4n) is 1.96. The molecule has 0 unspecified atom stereocenters. The molecule has 20 heavy (non-hydrogen) atoms. The van der Waals surface area contributed by atoms with Crippen LogP contribution in [0.15, 0.2) is 24.3 Å². The van der Waals surface area contributed by atoms with E-state index in [1.807, 2.05) is 13.8 Å². The van der Waals surface area contributed by atoms with Gasteiger partial charge in [0, 0.05) is 7.05 Å². The lowest BCUT2D eigenvalue weighted by Crippen LogP contribution is -2.28. The fourth-order valence-corrected chi connectivity index (χ4v) is 1.96. The highest BCUT2D eigenvalue weighted by Gasteiger charge is 2.23. The number of carbonyl (C=O) groups excluding carboxylic acids is 1. The van der Waals surface area contributed by atoms with Gasteiger partial charge in [-0.25, -0.2) is 4.39 Å². The van der Waals surface area contributed by atoms with E-state index in [-0.39, 0.29) is 17.3 Å². The Morgan fingerprint density at radius 2 is 2.05 bits per heavy atom. The lowest BCUT2D eigenvalue weighted by Gasteiger charge is -2.17. The minimum atomic E-state index is -0.471. The SMILES string of the molecule is CC(C)c1[nH]nc(C(=O)N(C)c2ccccc2F)c1N. The van der Waals surface area contributed by atoms with Crippen molar-refractivity contribution in [1.29, 1.82) is 0 Å². The van der Waals surface area contributed by atoms with Crippen molar-refractivity contribution < 1.29 is 9.18 Å². The minimum Gasteiger partial charge on any atom is -0.395 e.